The van der Waals surface area contributed by atoms with E-state index in [0.29, 0.717) is 0 Å². The third-order valence-electron chi connectivity index (χ3n) is 2.46. The molecule has 0 aliphatic rings. The Morgan fingerprint density at radius 3 is 2.24 bits per heavy atom. The van der Waals surface area contributed by atoms with Gasteiger partial charge in [0.25, 0.3) is 0 Å². The van der Waals surface area contributed by atoms with E-state index < -0.39 is 0 Å². The molecule has 0 fully saturated rings. The Bertz CT molecular complexity index is 314. The minimum Gasteiger partial charge on any atom is -0.403 e. The molecule has 1 atom stereocenters. The molecule has 0 saturated carbocycles. The molecule has 0 aromatic heterocycles. The Kier molecular flexibility index (Phi) is 7.03. The number of carbonyl (C=O) groups excluding carboxylic acids is 1. The molecule has 0 unspecified atom stereocenters. The van der Waals surface area contributed by atoms with Crippen molar-refractivity contribution in [1.29, 1.82) is 0 Å². The molecule has 3 nitrogen and oxygen atoms in total. The largest absolute Gasteiger partial charge is 0.403 e. The molecule has 0 radical (unpaired) electrons. The normalized spacial score (nSPS) is 14.4. The number of Topliss-reactive ketones (excluding diaryl/α,β-unsaturated/α-hetero) is 1. The first-order chi connectivity index (χ1) is 7.93. The summed E-state index contributed by atoms with van der Waals surface area (Å²) in [5.41, 5.74) is 6.25. The van der Waals surface area contributed by atoms with Crippen LogP contribution in [0.4, 0.5) is 0 Å². The van der Waals surface area contributed by atoms with Crippen LogP contribution in [0.15, 0.2) is 36.7 Å². The molecular formula is C14H24N2O. The van der Waals surface area contributed by atoms with E-state index >= 15 is 0 Å². The molecule has 0 amide bonds. The molecule has 0 saturated heterocycles. The van der Waals surface area contributed by atoms with E-state index in [9.17, 15) is 4.79 Å². The Balaban J connectivity index is 4.81. The molecular weight excluding hydrogens is 212 g/mol. The summed E-state index contributed by atoms with van der Waals surface area (Å²) >= 11 is 0. The minimum atomic E-state index is -0.209. The van der Waals surface area contributed by atoms with Gasteiger partial charge < -0.3 is 11.1 Å². The van der Waals surface area contributed by atoms with Crippen LogP contribution in [0.5, 0.6) is 0 Å². The second kappa shape index (κ2) is 7.71. The van der Waals surface area contributed by atoms with Crippen molar-refractivity contribution in [1.82, 2.24) is 5.32 Å². The van der Waals surface area contributed by atoms with E-state index in [4.69, 9.17) is 5.73 Å². The highest BCUT2D eigenvalue weighted by molar-refractivity contribution is 5.86. The first-order valence-electron chi connectivity index (χ1n) is 5.95. The molecule has 0 aliphatic heterocycles. The lowest BCUT2D eigenvalue weighted by molar-refractivity contribution is -0.124. The van der Waals surface area contributed by atoms with Crippen molar-refractivity contribution in [2.75, 3.05) is 0 Å². The van der Waals surface area contributed by atoms with Crippen LogP contribution in [0.25, 0.3) is 0 Å². The Morgan fingerprint density at radius 1 is 1.29 bits per heavy atom. The van der Waals surface area contributed by atoms with E-state index in [1.165, 1.54) is 6.20 Å². The summed E-state index contributed by atoms with van der Waals surface area (Å²) in [6.07, 6.45) is 6.71. The van der Waals surface area contributed by atoms with E-state index in [0.717, 1.165) is 5.70 Å². The maximum Gasteiger partial charge on any atom is 0.157 e. The zero-order valence-electron chi connectivity index (χ0n) is 11.2. The van der Waals surface area contributed by atoms with Crippen molar-refractivity contribution < 1.29 is 4.79 Å². The van der Waals surface area contributed by atoms with Crippen LogP contribution >= 0.6 is 0 Å². The highest BCUT2D eigenvalue weighted by Crippen LogP contribution is 2.11. The molecule has 0 heterocycles. The van der Waals surface area contributed by atoms with Gasteiger partial charge in [-0.25, -0.2) is 0 Å². The number of hydrogen-bond acceptors (Lipinski definition) is 3. The quantitative estimate of drug-likeness (QED) is 0.667. The summed E-state index contributed by atoms with van der Waals surface area (Å²) in [5, 5.41) is 3.17. The van der Waals surface area contributed by atoms with E-state index in [1.54, 1.807) is 18.2 Å². The fourth-order valence-electron chi connectivity index (χ4n) is 1.43. The molecule has 0 bridgehead atoms. The predicted octanol–water partition coefficient (Wildman–Crippen LogP) is 2.37. The zero-order chi connectivity index (χ0) is 13.4. The Labute approximate surface area is 104 Å². The molecule has 3 heteroatoms. The highest BCUT2D eigenvalue weighted by Gasteiger charge is 2.24. The lowest BCUT2D eigenvalue weighted by Gasteiger charge is -2.24. The predicted molar refractivity (Wildman–Crippen MR) is 73.2 cm³/mol. The maximum absolute atomic E-state index is 12.0. The highest BCUT2D eigenvalue weighted by atomic mass is 16.1. The van der Waals surface area contributed by atoms with Crippen molar-refractivity contribution >= 4 is 5.78 Å². The van der Waals surface area contributed by atoms with Crippen molar-refractivity contribution in [3.05, 3.63) is 36.7 Å². The van der Waals surface area contributed by atoms with Gasteiger partial charge in [-0.15, -0.1) is 0 Å². The second-order valence-electron chi connectivity index (χ2n) is 4.64. The van der Waals surface area contributed by atoms with Gasteiger partial charge in [0.1, 0.15) is 0 Å². The number of allylic oxidation sites excluding steroid dienone is 3. The first-order valence-corrected chi connectivity index (χ1v) is 5.95. The van der Waals surface area contributed by atoms with Crippen LogP contribution in [0.3, 0.4) is 0 Å². The second-order valence-corrected chi connectivity index (χ2v) is 4.64. The van der Waals surface area contributed by atoms with Crippen LogP contribution < -0.4 is 11.1 Å². The number of nitrogens with one attached hydrogen (secondary N) is 1. The first kappa shape index (κ1) is 15.5. The summed E-state index contributed by atoms with van der Waals surface area (Å²) in [6.45, 7) is 11.4. The fraction of sp³-hybridized carbons (Fsp3) is 0.500. The average molecular weight is 236 g/mol. The van der Waals surface area contributed by atoms with Crippen LogP contribution in [0.2, 0.25) is 0 Å². The third kappa shape index (κ3) is 5.38. The average Bonchev–Trinajstić information content (AvgIpc) is 2.28. The topological polar surface area (TPSA) is 55.1 Å². The monoisotopic (exact) mass is 236 g/mol. The summed E-state index contributed by atoms with van der Waals surface area (Å²) in [5.74, 6) is 0.431. The molecule has 96 valence electrons. The van der Waals surface area contributed by atoms with E-state index in [-0.39, 0.29) is 23.7 Å². The zero-order valence-corrected chi connectivity index (χ0v) is 11.2. The maximum atomic E-state index is 12.0. The number of ketones is 1. The molecule has 0 aromatic carbocycles. The summed E-state index contributed by atoms with van der Waals surface area (Å²) in [4.78, 5) is 12.0. The van der Waals surface area contributed by atoms with Gasteiger partial charge in [0.2, 0.25) is 0 Å². The standard InChI is InChI=1S/C14H24N2O/c1-6-7-8-12(9-15)16-13(10(2)3)14(17)11(4)5/h6-11,13,16H,1,15H2,2-5H3/b8-7-,12-9+/t13-/m0/s1. The lowest BCUT2D eigenvalue weighted by atomic mass is 9.93. The summed E-state index contributed by atoms with van der Waals surface area (Å²) < 4.78 is 0. The molecule has 0 spiro atoms. The van der Waals surface area contributed by atoms with Gasteiger partial charge in [0, 0.05) is 12.1 Å². The van der Waals surface area contributed by atoms with E-state index in [1.807, 2.05) is 27.7 Å². The van der Waals surface area contributed by atoms with Gasteiger partial charge in [-0.3, -0.25) is 4.79 Å². The van der Waals surface area contributed by atoms with Crippen LogP contribution in [-0.2, 0) is 4.79 Å². The van der Waals surface area contributed by atoms with Gasteiger partial charge in [0.05, 0.1) is 11.7 Å². The number of nitrogens with two attached hydrogens (primary N) is 1. The van der Waals surface area contributed by atoms with Gasteiger partial charge in [-0.2, -0.15) is 0 Å². The van der Waals surface area contributed by atoms with Crippen LogP contribution in [-0.4, -0.2) is 11.8 Å². The molecule has 0 rings (SSSR count). The van der Waals surface area contributed by atoms with Crippen molar-refractivity contribution in [3.63, 3.8) is 0 Å². The SMILES string of the molecule is C=C/C=C\C(=C/N)N[C@H](C(=O)C(C)C)C(C)C. The number of rotatable bonds is 7. The summed E-state index contributed by atoms with van der Waals surface area (Å²) in [6, 6.07) is -0.209. The van der Waals surface area contributed by atoms with Crippen molar-refractivity contribution in [2.45, 2.75) is 33.7 Å². The van der Waals surface area contributed by atoms with Gasteiger partial charge >= 0.3 is 0 Å². The smallest absolute Gasteiger partial charge is 0.157 e. The summed E-state index contributed by atoms with van der Waals surface area (Å²) in [7, 11) is 0. The van der Waals surface area contributed by atoms with Crippen molar-refractivity contribution in [3.8, 4) is 0 Å². The van der Waals surface area contributed by atoms with Crippen LogP contribution in [0.1, 0.15) is 27.7 Å². The van der Waals surface area contributed by atoms with Gasteiger partial charge in [-0.05, 0) is 12.0 Å². The fourth-order valence-corrected chi connectivity index (χ4v) is 1.43. The molecule has 3 N–H and O–H groups in total. The molecule has 17 heavy (non-hydrogen) atoms. The van der Waals surface area contributed by atoms with Crippen molar-refractivity contribution in [2.24, 2.45) is 17.6 Å². The van der Waals surface area contributed by atoms with E-state index in [2.05, 4.69) is 11.9 Å². The minimum absolute atomic E-state index is 0.0114. The van der Waals surface area contributed by atoms with Gasteiger partial charge in [0.15, 0.2) is 5.78 Å². The lowest BCUT2D eigenvalue weighted by Crippen LogP contribution is -2.42. The third-order valence-corrected chi connectivity index (χ3v) is 2.46. The Hall–Kier alpha value is -1.51. The number of hydrogen-bond donors (Lipinski definition) is 2. The van der Waals surface area contributed by atoms with Gasteiger partial charge in [-0.1, -0.05) is 46.4 Å². The Morgan fingerprint density at radius 2 is 1.88 bits per heavy atom. The molecule has 0 aliphatic carbocycles. The number of carbonyl (C=O) groups is 1. The molecule has 0 aromatic rings. The van der Waals surface area contributed by atoms with Crippen LogP contribution in [0, 0.1) is 11.8 Å².